The molecule has 0 aliphatic heterocycles. The van der Waals surface area contributed by atoms with Gasteiger partial charge >= 0.3 is 0 Å². The van der Waals surface area contributed by atoms with Crippen LogP contribution in [0.5, 0.6) is 5.75 Å². The minimum Gasteiger partial charge on any atom is -0.489 e. The van der Waals surface area contributed by atoms with Crippen LogP contribution < -0.4 is 10.2 Å². The molecule has 0 fully saturated rings. The van der Waals surface area contributed by atoms with Crippen molar-refractivity contribution in [2.75, 3.05) is 0 Å². The second-order valence-corrected chi connectivity index (χ2v) is 7.92. The molecule has 5 nitrogen and oxygen atoms in total. The van der Waals surface area contributed by atoms with E-state index in [4.69, 9.17) is 27.9 Å². The molecule has 1 N–H and O–H groups in total. The first-order chi connectivity index (χ1) is 13.4. The molecule has 0 saturated carbocycles. The fourth-order valence-electron chi connectivity index (χ4n) is 2.43. The SMILES string of the molecule is Cc1nc(C)c(C(=O)N/N=C/c2ccc(OCc3c(Cl)cccc3Cl)cc2)s1. The summed E-state index contributed by atoms with van der Waals surface area (Å²) in [5, 5.41) is 5.98. The number of thiazole rings is 1. The Bertz CT molecular complexity index is 997. The van der Waals surface area contributed by atoms with Crippen LogP contribution in [0.3, 0.4) is 0 Å². The van der Waals surface area contributed by atoms with Crippen LogP contribution in [0.1, 0.15) is 31.5 Å². The molecule has 0 saturated heterocycles. The highest BCUT2D eigenvalue weighted by Gasteiger charge is 2.12. The van der Waals surface area contributed by atoms with Gasteiger partial charge in [0.25, 0.3) is 5.91 Å². The Morgan fingerprint density at radius 3 is 2.46 bits per heavy atom. The van der Waals surface area contributed by atoms with Crippen LogP contribution in [0.25, 0.3) is 0 Å². The molecule has 0 aliphatic carbocycles. The predicted molar refractivity (Wildman–Crippen MR) is 114 cm³/mol. The summed E-state index contributed by atoms with van der Waals surface area (Å²) in [7, 11) is 0. The summed E-state index contributed by atoms with van der Waals surface area (Å²) >= 11 is 13.6. The third-order valence-electron chi connectivity index (χ3n) is 3.81. The van der Waals surface area contributed by atoms with Gasteiger partial charge in [0.15, 0.2) is 0 Å². The molecule has 3 rings (SSSR count). The number of nitrogens with one attached hydrogen (secondary N) is 1. The van der Waals surface area contributed by atoms with Crippen molar-refractivity contribution in [3.8, 4) is 5.75 Å². The number of hydrogen-bond acceptors (Lipinski definition) is 5. The lowest BCUT2D eigenvalue weighted by atomic mass is 10.2. The molecule has 0 atom stereocenters. The van der Waals surface area contributed by atoms with Gasteiger partial charge in [-0.25, -0.2) is 10.4 Å². The number of carbonyl (C=O) groups excluding carboxylic acids is 1. The third kappa shape index (κ3) is 5.10. The maximum atomic E-state index is 12.1. The van der Waals surface area contributed by atoms with E-state index in [1.165, 1.54) is 11.3 Å². The van der Waals surface area contributed by atoms with Crippen LogP contribution in [0.4, 0.5) is 0 Å². The van der Waals surface area contributed by atoms with E-state index in [0.717, 1.165) is 16.1 Å². The Labute approximate surface area is 177 Å². The van der Waals surface area contributed by atoms with E-state index in [-0.39, 0.29) is 12.5 Å². The Balaban J connectivity index is 1.56. The van der Waals surface area contributed by atoms with Crippen LogP contribution >= 0.6 is 34.5 Å². The highest BCUT2D eigenvalue weighted by atomic mass is 35.5. The number of hydrogen-bond donors (Lipinski definition) is 1. The van der Waals surface area contributed by atoms with Crippen molar-refractivity contribution >= 4 is 46.7 Å². The minimum atomic E-state index is -0.268. The molecule has 1 heterocycles. The van der Waals surface area contributed by atoms with Crippen molar-refractivity contribution in [1.82, 2.24) is 10.4 Å². The number of benzene rings is 2. The number of carbonyl (C=O) groups is 1. The number of rotatable bonds is 6. The van der Waals surface area contributed by atoms with Gasteiger partial charge in [-0.05, 0) is 55.8 Å². The zero-order valence-corrected chi connectivity index (χ0v) is 17.5. The zero-order valence-electron chi connectivity index (χ0n) is 15.2. The zero-order chi connectivity index (χ0) is 20.1. The molecule has 1 aromatic heterocycles. The topological polar surface area (TPSA) is 63.6 Å². The molecule has 0 bridgehead atoms. The first kappa shape index (κ1) is 20.3. The first-order valence-electron chi connectivity index (χ1n) is 8.37. The lowest BCUT2D eigenvalue weighted by Gasteiger charge is -2.09. The maximum Gasteiger partial charge on any atom is 0.283 e. The predicted octanol–water partition coefficient (Wildman–Crippen LogP) is 5.41. The van der Waals surface area contributed by atoms with E-state index in [0.29, 0.717) is 26.4 Å². The van der Waals surface area contributed by atoms with Gasteiger partial charge in [0.1, 0.15) is 17.2 Å². The van der Waals surface area contributed by atoms with Gasteiger partial charge in [-0.1, -0.05) is 29.3 Å². The van der Waals surface area contributed by atoms with Crippen molar-refractivity contribution < 1.29 is 9.53 Å². The van der Waals surface area contributed by atoms with E-state index in [2.05, 4.69) is 15.5 Å². The molecule has 0 aliphatic rings. The van der Waals surface area contributed by atoms with Gasteiger partial charge < -0.3 is 4.74 Å². The number of aryl methyl sites for hydroxylation is 2. The standard InChI is InChI=1S/C20H17Cl2N3O2S/c1-12-19(28-13(2)24-12)20(26)25-23-10-14-6-8-15(9-7-14)27-11-16-17(21)4-3-5-18(16)22/h3-10H,11H2,1-2H3,(H,25,26)/b23-10+. The summed E-state index contributed by atoms with van der Waals surface area (Å²) in [6, 6.07) is 12.6. The fourth-order valence-corrected chi connectivity index (χ4v) is 3.75. The monoisotopic (exact) mass is 433 g/mol. The first-order valence-corrected chi connectivity index (χ1v) is 9.94. The molecule has 8 heteroatoms. The molecule has 28 heavy (non-hydrogen) atoms. The highest BCUT2D eigenvalue weighted by molar-refractivity contribution is 7.13. The number of halogens is 2. The van der Waals surface area contributed by atoms with Crippen molar-refractivity contribution in [1.29, 1.82) is 0 Å². The molecule has 0 spiro atoms. The molecule has 2 aromatic carbocycles. The fraction of sp³-hybridized carbons (Fsp3) is 0.150. The second-order valence-electron chi connectivity index (χ2n) is 5.90. The molecule has 0 radical (unpaired) electrons. The van der Waals surface area contributed by atoms with Crippen molar-refractivity contribution in [3.05, 3.63) is 79.2 Å². The second kappa shape index (κ2) is 9.19. The summed E-state index contributed by atoms with van der Waals surface area (Å²) in [5.74, 6) is 0.406. The quantitative estimate of drug-likeness (QED) is 0.417. The average molecular weight is 434 g/mol. The van der Waals surface area contributed by atoms with Crippen LogP contribution in [0.15, 0.2) is 47.6 Å². The largest absolute Gasteiger partial charge is 0.489 e. The average Bonchev–Trinajstić information content (AvgIpc) is 3.01. The van der Waals surface area contributed by atoms with Crippen molar-refractivity contribution in [2.24, 2.45) is 5.10 Å². The van der Waals surface area contributed by atoms with Crippen LogP contribution in [-0.4, -0.2) is 17.1 Å². The summed E-state index contributed by atoms with van der Waals surface area (Å²) < 4.78 is 5.74. The molecule has 1 amide bonds. The lowest BCUT2D eigenvalue weighted by molar-refractivity contribution is 0.0958. The Morgan fingerprint density at radius 1 is 1.18 bits per heavy atom. The Hall–Kier alpha value is -2.41. The maximum absolute atomic E-state index is 12.1. The normalized spacial score (nSPS) is 11.0. The lowest BCUT2D eigenvalue weighted by Crippen LogP contribution is -2.17. The minimum absolute atomic E-state index is 0.268. The van der Waals surface area contributed by atoms with E-state index in [1.807, 2.05) is 31.2 Å². The van der Waals surface area contributed by atoms with Gasteiger partial charge in [-0.15, -0.1) is 11.3 Å². The van der Waals surface area contributed by atoms with E-state index < -0.39 is 0 Å². The van der Waals surface area contributed by atoms with Crippen LogP contribution in [-0.2, 0) is 6.61 Å². The molecular weight excluding hydrogens is 417 g/mol. The summed E-state index contributed by atoms with van der Waals surface area (Å²) in [5.41, 5.74) is 4.78. The van der Waals surface area contributed by atoms with Crippen molar-refractivity contribution in [2.45, 2.75) is 20.5 Å². The van der Waals surface area contributed by atoms with E-state index >= 15 is 0 Å². The molecular formula is C20H17Cl2N3O2S. The number of nitrogens with zero attached hydrogens (tertiary/aromatic N) is 2. The molecule has 0 unspecified atom stereocenters. The van der Waals surface area contributed by atoms with Crippen LogP contribution in [0.2, 0.25) is 10.0 Å². The summed E-state index contributed by atoms with van der Waals surface area (Å²) in [6.07, 6.45) is 1.57. The Kier molecular flexibility index (Phi) is 6.67. The van der Waals surface area contributed by atoms with Crippen LogP contribution in [0, 0.1) is 13.8 Å². The molecule has 3 aromatic rings. The number of amides is 1. The number of hydrazone groups is 1. The smallest absolute Gasteiger partial charge is 0.283 e. The summed E-state index contributed by atoms with van der Waals surface area (Å²) in [6.45, 7) is 3.94. The van der Waals surface area contributed by atoms with Gasteiger partial charge in [0, 0.05) is 15.6 Å². The van der Waals surface area contributed by atoms with Crippen molar-refractivity contribution in [3.63, 3.8) is 0 Å². The van der Waals surface area contributed by atoms with Gasteiger partial charge in [-0.3, -0.25) is 4.79 Å². The van der Waals surface area contributed by atoms with Gasteiger partial charge in [0.05, 0.1) is 16.9 Å². The van der Waals surface area contributed by atoms with Gasteiger partial charge in [-0.2, -0.15) is 5.10 Å². The summed E-state index contributed by atoms with van der Waals surface area (Å²) in [4.78, 5) is 16.9. The Morgan fingerprint density at radius 2 is 1.86 bits per heavy atom. The van der Waals surface area contributed by atoms with Gasteiger partial charge in [0.2, 0.25) is 0 Å². The number of aromatic nitrogens is 1. The third-order valence-corrected chi connectivity index (χ3v) is 5.59. The number of ether oxygens (including phenoxy) is 1. The highest BCUT2D eigenvalue weighted by Crippen LogP contribution is 2.26. The van der Waals surface area contributed by atoms with E-state index in [9.17, 15) is 4.79 Å². The van der Waals surface area contributed by atoms with E-state index in [1.54, 1.807) is 31.3 Å². The molecule has 144 valence electrons.